The van der Waals surface area contributed by atoms with Crippen LogP contribution in [0.5, 0.6) is 0 Å². The number of carbonyl (C=O) groups excluding carboxylic acids is 2. The molecular weight excluding hydrogens is 212 g/mol. The van der Waals surface area contributed by atoms with Crippen molar-refractivity contribution >= 4 is 12.0 Å². The predicted octanol–water partition coefficient (Wildman–Crippen LogP) is -0.301. The largest absolute Gasteiger partial charge is 0.444 e. The Kier molecular flexibility index (Phi) is 3.42. The first-order valence-corrected chi connectivity index (χ1v) is 5.16. The first kappa shape index (κ1) is 12.8. The van der Waals surface area contributed by atoms with Gasteiger partial charge in [0.05, 0.1) is 0 Å². The number of nitrogens with zero attached hydrogens (tertiary/aromatic N) is 1. The summed E-state index contributed by atoms with van der Waals surface area (Å²) in [5.74, 6) is -1.03. The molecule has 1 saturated heterocycles. The normalized spacial score (nSPS) is 18.9. The van der Waals surface area contributed by atoms with E-state index in [4.69, 9.17) is 10.5 Å². The van der Waals surface area contributed by atoms with Crippen molar-refractivity contribution in [3.05, 3.63) is 0 Å². The third-order valence-electron chi connectivity index (χ3n) is 2.30. The van der Waals surface area contributed by atoms with Crippen LogP contribution in [0, 0.1) is 5.92 Å². The van der Waals surface area contributed by atoms with E-state index in [9.17, 15) is 14.7 Å². The lowest BCUT2D eigenvalue weighted by molar-refractivity contribution is -0.132. The second-order valence-electron chi connectivity index (χ2n) is 4.99. The molecule has 0 bridgehead atoms. The van der Waals surface area contributed by atoms with E-state index in [-0.39, 0.29) is 5.92 Å². The fraction of sp³-hybridized carbons (Fsp3) is 0.800. The Balaban J connectivity index is 2.36. The smallest absolute Gasteiger partial charge is 0.410 e. The Labute approximate surface area is 94.3 Å². The van der Waals surface area contributed by atoms with Gasteiger partial charge in [0.2, 0.25) is 5.91 Å². The van der Waals surface area contributed by atoms with E-state index in [1.807, 2.05) is 0 Å². The zero-order valence-electron chi connectivity index (χ0n) is 9.77. The molecule has 1 rings (SSSR count). The highest BCUT2D eigenvalue weighted by molar-refractivity contribution is 5.79. The average Bonchev–Trinajstić information content (AvgIpc) is 1.96. The molecule has 16 heavy (non-hydrogen) atoms. The lowest BCUT2D eigenvalue weighted by Gasteiger charge is -2.40. The number of rotatable bonds is 2. The van der Waals surface area contributed by atoms with E-state index in [0.29, 0.717) is 13.1 Å². The molecule has 1 aliphatic heterocycles. The number of aliphatic hydroxyl groups is 1. The Bertz CT molecular complexity index is 292. The molecule has 0 aromatic heterocycles. The van der Waals surface area contributed by atoms with E-state index < -0.39 is 23.7 Å². The Hall–Kier alpha value is -1.30. The van der Waals surface area contributed by atoms with E-state index in [2.05, 4.69) is 0 Å². The van der Waals surface area contributed by atoms with Crippen LogP contribution in [0.25, 0.3) is 0 Å². The standard InChI is InChI=1S/C10H18N2O4/c1-10(2,3)16-9(15)12-4-6(5-12)7(13)8(11)14/h6-7,13H,4-5H2,1-3H3,(H2,11,14). The van der Waals surface area contributed by atoms with Crippen molar-refractivity contribution in [1.29, 1.82) is 0 Å². The molecule has 1 aliphatic rings. The van der Waals surface area contributed by atoms with Gasteiger partial charge in [-0.2, -0.15) is 0 Å². The van der Waals surface area contributed by atoms with Gasteiger partial charge in [-0.15, -0.1) is 0 Å². The van der Waals surface area contributed by atoms with Crippen LogP contribution in [-0.4, -0.2) is 46.8 Å². The molecule has 0 aromatic rings. The fourth-order valence-corrected chi connectivity index (χ4v) is 1.42. The van der Waals surface area contributed by atoms with Gasteiger partial charge in [-0.1, -0.05) is 0 Å². The SMILES string of the molecule is CC(C)(C)OC(=O)N1CC(C(O)C(N)=O)C1. The summed E-state index contributed by atoms with van der Waals surface area (Å²) in [6.45, 7) is 5.94. The molecule has 3 N–H and O–H groups in total. The van der Waals surface area contributed by atoms with Gasteiger partial charge in [0.15, 0.2) is 0 Å². The molecular formula is C10H18N2O4. The maximum atomic E-state index is 11.5. The summed E-state index contributed by atoms with van der Waals surface area (Å²) in [6.07, 6.45) is -1.61. The summed E-state index contributed by atoms with van der Waals surface area (Å²) in [7, 11) is 0. The number of hydrogen-bond donors (Lipinski definition) is 2. The summed E-state index contributed by atoms with van der Waals surface area (Å²) in [4.78, 5) is 23.6. The van der Waals surface area contributed by atoms with Crippen LogP contribution in [0.1, 0.15) is 20.8 Å². The molecule has 0 saturated carbocycles. The second-order valence-corrected chi connectivity index (χ2v) is 4.99. The maximum absolute atomic E-state index is 11.5. The molecule has 6 nitrogen and oxygen atoms in total. The number of ether oxygens (including phenoxy) is 1. The van der Waals surface area contributed by atoms with Crippen molar-refractivity contribution in [2.45, 2.75) is 32.5 Å². The van der Waals surface area contributed by atoms with E-state index >= 15 is 0 Å². The number of likely N-dealkylation sites (tertiary alicyclic amines) is 1. The average molecular weight is 230 g/mol. The zero-order valence-corrected chi connectivity index (χ0v) is 9.77. The monoisotopic (exact) mass is 230 g/mol. The van der Waals surface area contributed by atoms with Crippen LogP contribution < -0.4 is 5.73 Å². The van der Waals surface area contributed by atoms with Crippen LogP contribution in [0.3, 0.4) is 0 Å². The van der Waals surface area contributed by atoms with Gasteiger partial charge in [0.1, 0.15) is 11.7 Å². The Morgan fingerprint density at radius 2 is 1.94 bits per heavy atom. The molecule has 92 valence electrons. The minimum absolute atomic E-state index is 0.273. The van der Waals surface area contributed by atoms with Crippen molar-refractivity contribution < 1.29 is 19.4 Å². The summed E-state index contributed by atoms with van der Waals surface area (Å²) < 4.78 is 5.12. The predicted molar refractivity (Wildman–Crippen MR) is 56.5 cm³/mol. The first-order chi connectivity index (χ1) is 7.20. The molecule has 1 heterocycles. The van der Waals surface area contributed by atoms with Gasteiger partial charge in [-0.25, -0.2) is 4.79 Å². The molecule has 0 aliphatic carbocycles. The lowest BCUT2D eigenvalue weighted by Crippen LogP contribution is -2.57. The van der Waals surface area contributed by atoms with Crippen molar-refractivity contribution in [1.82, 2.24) is 4.90 Å². The van der Waals surface area contributed by atoms with Gasteiger partial charge < -0.3 is 20.5 Å². The molecule has 6 heteroatoms. The van der Waals surface area contributed by atoms with Crippen molar-refractivity contribution in [3.8, 4) is 0 Å². The fourth-order valence-electron chi connectivity index (χ4n) is 1.42. The summed E-state index contributed by atoms with van der Waals surface area (Å²) in [6, 6.07) is 0. The van der Waals surface area contributed by atoms with Gasteiger partial charge >= 0.3 is 6.09 Å². The molecule has 0 aromatic carbocycles. The molecule has 0 radical (unpaired) electrons. The highest BCUT2D eigenvalue weighted by Gasteiger charge is 2.39. The first-order valence-electron chi connectivity index (χ1n) is 5.16. The second kappa shape index (κ2) is 4.29. The zero-order chi connectivity index (χ0) is 12.5. The van der Waals surface area contributed by atoms with E-state index in [1.165, 1.54) is 4.90 Å². The summed E-state index contributed by atoms with van der Waals surface area (Å²) in [5.41, 5.74) is 4.41. The Morgan fingerprint density at radius 3 is 2.31 bits per heavy atom. The van der Waals surface area contributed by atoms with Crippen LogP contribution in [-0.2, 0) is 9.53 Å². The minimum atomic E-state index is -1.18. The van der Waals surface area contributed by atoms with Crippen LogP contribution in [0.4, 0.5) is 4.79 Å². The number of aliphatic hydroxyl groups excluding tert-OH is 1. The highest BCUT2D eigenvalue weighted by Crippen LogP contribution is 2.21. The van der Waals surface area contributed by atoms with Crippen LogP contribution >= 0.6 is 0 Å². The van der Waals surface area contributed by atoms with Crippen molar-refractivity contribution in [2.75, 3.05) is 13.1 Å². The van der Waals surface area contributed by atoms with Crippen molar-refractivity contribution in [3.63, 3.8) is 0 Å². The topological polar surface area (TPSA) is 92.9 Å². The summed E-state index contributed by atoms with van der Waals surface area (Å²) in [5, 5.41) is 9.33. The quantitative estimate of drug-likeness (QED) is 0.681. The lowest BCUT2D eigenvalue weighted by atomic mass is 9.94. The van der Waals surface area contributed by atoms with Gasteiger partial charge in [0.25, 0.3) is 0 Å². The molecule has 1 unspecified atom stereocenters. The van der Waals surface area contributed by atoms with Gasteiger partial charge in [-0.3, -0.25) is 4.79 Å². The number of carbonyl (C=O) groups is 2. The molecule has 0 spiro atoms. The van der Waals surface area contributed by atoms with Gasteiger partial charge in [-0.05, 0) is 20.8 Å². The number of primary amides is 1. The number of nitrogens with two attached hydrogens (primary N) is 1. The van der Waals surface area contributed by atoms with Gasteiger partial charge in [0, 0.05) is 19.0 Å². The highest BCUT2D eigenvalue weighted by atomic mass is 16.6. The van der Waals surface area contributed by atoms with Crippen LogP contribution in [0.2, 0.25) is 0 Å². The van der Waals surface area contributed by atoms with E-state index in [1.54, 1.807) is 20.8 Å². The molecule has 1 fully saturated rings. The Morgan fingerprint density at radius 1 is 1.44 bits per heavy atom. The van der Waals surface area contributed by atoms with E-state index in [0.717, 1.165) is 0 Å². The third-order valence-corrected chi connectivity index (χ3v) is 2.30. The summed E-state index contributed by atoms with van der Waals surface area (Å²) >= 11 is 0. The maximum Gasteiger partial charge on any atom is 0.410 e. The minimum Gasteiger partial charge on any atom is -0.444 e. The molecule has 2 amide bonds. The number of hydrogen-bond acceptors (Lipinski definition) is 4. The molecule has 1 atom stereocenters. The number of amides is 2. The van der Waals surface area contributed by atoms with Crippen LogP contribution in [0.15, 0.2) is 0 Å². The van der Waals surface area contributed by atoms with Crippen molar-refractivity contribution in [2.24, 2.45) is 11.7 Å². The third kappa shape index (κ3) is 3.10.